The van der Waals surface area contributed by atoms with Gasteiger partial charge >= 0.3 is 0 Å². The highest BCUT2D eigenvalue weighted by atomic mass is 32.2. The summed E-state index contributed by atoms with van der Waals surface area (Å²) in [5.74, 6) is -0.188. The van der Waals surface area contributed by atoms with Gasteiger partial charge in [0.05, 0.1) is 18.6 Å². The van der Waals surface area contributed by atoms with Crippen molar-refractivity contribution in [3.05, 3.63) is 29.8 Å². The van der Waals surface area contributed by atoms with Crippen LogP contribution in [0.2, 0.25) is 0 Å². The van der Waals surface area contributed by atoms with Gasteiger partial charge in [0.25, 0.3) is 0 Å². The van der Waals surface area contributed by atoms with Gasteiger partial charge in [-0.15, -0.1) is 0 Å². The molecule has 2 aliphatic carbocycles. The highest BCUT2D eigenvalue weighted by molar-refractivity contribution is 7.91. The Morgan fingerprint density at radius 3 is 2.15 bits per heavy atom. The first-order chi connectivity index (χ1) is 16.4. The third-order valence-corrected chi connectivity index (χ3v) is 8.94. The van der Waals surface area contributed by atoms with E-state index >= 15 is 0 Å². The van der Waals surface area contributed by atoms with Crippen molar-refractivity contribution in [2.45, 2.75) is 83.2 Å². The molecule has 0 saturated heterocycles. The zero-order valence-corrected chi connectivity index (χ0v) is 21.2. The van der Waals surface area contributed by atoms with E-state index in [2.05, 4.69) is 10.6 Å². The van der Waals surface area contributed by atoms with Gasteiger partial charge in [-0.3, -0.25) is 9.59 Å². The molecule has 0 aliphatic heterocycles. The van der Waals surface area contributed by atoms with Crippen LogP contribution < -0.4 is 15.4 Å². The highest BCUT2D eigenvalue weighted by Crippen LogP contribution is 2.26. The molecular formula is C26H40N2O5S. The number of benzene rings is 1. The fourth-order valence-corrected chi connectivity index (χ4v) is 7.03. The minimum atomic E-state index is -3.49. The first-order valence-corrected chi connectivity index (χ1v) is 14.6. The molecule has 0 unspecified atom stereocenters. The van der Waals surface area contributed by atoms with Crippen LogP contribution >= 0.6 is 0 Å². The Bertz CT molecular complexity index is 886. The molecule has 1 atom stereocenters. The molecule has 0 radical (unpaired) electrons. The van der Waals surface area contributed by atoms with Crippen LogP contribution in [0.1, 0.15) is 76.2 Å². The van der Waals surface area contributed by atoms with Crippen LogP contribution in [0.3, 0.4) is 0 Å². The molecule has 1 aromatic rings. The lowest BCUT2D eigenvalue weighted by atomic mass is 9.91. The average Bonchev–Trinajstić information content (AvgIpc) is 3.12. The summed E-state index contributed by atoms with van der Waals surface area (Å²) in [6, 6.07) is 6.22. The molecule has 0 aromatic heterocycles. The van der Waals surface area contributed by atoms with Gasteiger partial charge in [-0.1, -0.05) is 57.1 Å². The zero-order valence-electron chi connectivity index (χ0n) is 20.4. The van der Waals surface area contributed by atoms with Gasteiger partial charge in [-0.05, 0) is 49.3 Å². The largest absolute Gasteiger partial charge is 0.497 e. The third kappa shape index (κ3) is 8.60. The first kappa shape index (κ1) is 26.5. The lowest BCUT2D eigenvalue weighted by molar-refractivity contribution is -0.131. The fourth-order valence-electron chi connectivity index (χ4n) is 5.10. The van der Waals surface area contributed by atoms with Gasteiger partial charge in [0, 0.05) is 12.5 Å². The molecule has 8 heteroatoms. The maximum atomic E-state index is 13.1. The Hall–Kier alpha value is -2.09. The third-order valence-electron chi connectivity index (χ3n) is 7.12. The smallest absolute Gasteiger partial charge is 0.243 e. The van der Waals surface area contributed by atoms with Crippen LogP contribution in [0.5, 0.6) is 5.75 Å². The van der Waals surface area contributed by atoms with Crippen LogP contribution in [0.25, 0.3) is 0 Å². The van der Waals surface area contributed by atoms with Crippen molar-refractivity contribution in [1.29, 1.82) is 0 Å². The van der Waals surface area contributed by atoms with Crippen LogP contribution in [-0.4, -0.2) is 44.9 Å². The molecule has 34 heavy (non-hydrogen) atoms. The maximum Gasteiger partial charge on any atom is 0.243 e. The Morgan fingerprint density at radius 1 is 0.941 bits per heavy atom. The van der Waals surface area contributed by atoms with Crippen molar-refractivity contribution in [3.8, 4) is 5.75 Å². The number of carbonyl (C=O) groups excluding carboxylic acids is 2. The quantitative estimate of drug-likeness (QED) is 0.484. The minimum absolute atomic E-state index is 0.0918. The Balaban J connectivity index is 1.65. The van der Waals surface area contributed by atoms with Crippen molar-refractivity contribution in [1.82, 2.24) is 10.6 Å². The Morgan fingerprint density at radius 2 is 1.53 bits per heavy atom. The van der Waals surface area contributed by atoms with Crippen molar-refractivity contribution in [2.24, 2.45) is 11.8 Å². The molecule has 2 fully saturated rings. The molecule has 1 aromatic carbocycles. The van der Waals surface area contributed by atoms with Crippen molar-refractivity contribution >= 4 is 21.7 Å². The van der Waals surface area contributed by atoms with E-state index in [0.717, 1.165) is 81.9 Å². The Kier molecular flexibility index (Phi) is 10.2. The molecule has 0 bridgehead atoms. The van der Waals surface area contributed by atoms with Crippen LogP contribution in [0, 0.1) is 11.8 Å². The van der Waals surface area contributed by atoms with E-state index in [4.69, 9.17) is 4.74 Å². The van der Waals surface area contributed by atoms with E-state index in [0.29, 0.717) is 0 Å². The van der Waals surface area contributed by atoms with E-state index < -0.39 is 21.8 Å². The summed E-state index contributed by atoms with van der Waals surface area (Å²) in [5.41, 5.74) is 0.869. The molecule has 190 valence electrons. The van der Waals surface area contributed by atoms with Gasteiger partial charge in [0.1, 0.15) is 11.8 Å². The second kappa shape index (κ2) is 13.1. The lowest BCUT2D eigenvalue weighted by Gasteiger charge is -2.24. The summed E-state index contributed by atoms with van der Waals surface area (Å²) in [6.07, 6.45) is 10.9. The normalized spacial score (nSPS) is 19.1. The highest BCUT2D eigenvalue weighted by Gasteiger charge is 2.31. The lowest BCUT2D eigenvalue weighted by Crippen LogP contribution is -2.52. The zero-order chi connectivity index (χ0) is 24.4. The number of ether oxygens (including phenoxy) is 1. The summed E-state index contributed by atoms with van der Waals surface area (Å²) in [6.45, 7) is 0.251. The van der Waals surface area contributed by atoms with E-state index in [-0.39, 0.29) is 35.8 Å². The van der Waals surface area contributed by atoms with E-state index in [1.165, 1.54) is 0 Å². The number of hydrogen-bond acceptors (Lipinski definition) is 5. The SMILES string of the molecule is COc1ccc(CNC(=O)[C@H](CS(=O)(=O)CC2CCCCC2)NC(=O)C2CCCCCC2)cc1. The molecule has 2 aliphatic rings. The number of nitrogens with one attached hydrogen (secondary N) is 2. The maximum absolute atomic E-state index is 13.1. The summed E-state index contributed by atoms with van der Waals surface area (Å²) in [4.78, 5) is 26.1. The van der Waals surface area contributed by atoms with Gasteiger partial charge in [-0.2, -0.15) is 0 Å². The van der Waals surface area contributed by atoms with Gasteiger partial charge < -0.3 is 15.4 Å². The average molecular weight is 493 g/mol. The molecule has 0 spiro atoms. The predicted molar refractivity (Wildman–Crippen MR) is 133 cm³/mol. The Labute approximate surface area is 204 Å². The summed E-state index contributed by atoms with van der Waals surface area (Å²) < 4.78 is 31.2. The summed E-state index contributed by atoms with van der Waals surface area (Å²) in [7, 11) is -1.90. The number of sulfone groups is 1. The first-order valence-electron chi connectivity index (χ1n) is 12.8. The summed E-state index contributed by atoms with van der Waals surface area (Å²) >= 11 is 0. The van der Waals surface area contributed by atoms with Gasteiger partial charge in [-0.25, -0.2) is 8.42 Å². The van der Waals surface area contributed by atoms with Gasteiger partial charge in [0.2, 0.25) is 11.8 Å². The van der Waals surface area contributed by atoms with E-state index in [1.807, 2.05) is 12.1 Å². The van der Waals surface area contributed by atoms with Crippen LogP contribution in [0.4, 0.5) is 0 Å². The van der Waals surface area contributed by atoms with E-state index in [1.54, 1.807) is 19.2 Å². The number of carbonyl (C=O) groups is 2. The van der Waals surface area contributed by atoms with Crippen molar-refractivity contribution < 1.29 is 22.7 Å². The van der Waals surface area contributed by atoms with E-state index in [9.17, 15) is 18.0 Å². The van der Waals surface area contributed by atoms with Gasteiger partial charge in [0.15, 0.2) is 9.84 Å². The van der Waals surface area contributed by atoms with Crippen LogP contribution in [-0.2, 0) is 26.0 Å². The molecule has 2 amide bonds. The molecule has 3 rings (SSSR count). The second-order valence-corrected chi connectivity index (χ2v) is 12.1. The molecule has 2 saturated carbocycles. The van der Waals surface area contributed by atoms with Crippen molar-refractivity contribution in [3.63, 3.8) is 0 Å². The molecular weight excluding hydrogens is 452 g/mol. The molecule has 2 N–H and O–H groups in total. The fraction of sp³-hybridized carbons (Fsp3) is 0.692. The number of amides is 2. The molecule has 7 nitrogen and oxygen atoms in total. The number of methoxy groups -OCH3 is 1. The monoisotopic (exact) mass is 492 g/mol. The van der Waals surface area contributed by atoms with Crippen LogP contribution in [0.15, 0.2) is 24.3 Å². The number of hydrogen-bond donors (Lipinski definition) is 2. The summed E-state index contributed by atoms with van der Waals surface area (Å²) in [5, 5.41) is 5.64. The molecule has 0 heterocycles. The standard InChI is InChI=1S/C26H40N2O5S/c1-33-23-15-13-20(14-16-23)17-27-26(30)24(28-25(29)22-11-7-2-3-8-12-22)19-34(31,32)18-21-9-5-4-6-10-21/h13-16,21-22,24H,2-12,17-19H2,1H3,(H,27,30)(H,28,29)/t24-/m0/s1. The second-order valence-electron chi connectivity index (χ2n) is 9.90. The predicted octanol–water partition coefficient (Wildman–Crippen LogP) is 3.76. The van der Waals surface area contributed by atoms with Crippen molar-refractivity contribution in [2.75, 3.05) is 18.6 Å². The topological polar surface area (TPSA) is 102 Å². The minimum Gasteiger partial charge on any atom is -0.497 e. The number of rotatable bonds is 10.